The molecule has 0 heterocycles. The van der Waals surface area contributed by atoms with Crippen LogP contribution < -0.4 is 0 Å². The Morgan fingerprint density at radius 3 is 2.42 bits per heavy atom. The minimum absolute atomic E-state index is 0.167. The van der Waals surface area contributed by atoms with E-state index in [1.165, 1.54) is 13.8 Å². The van der Waals surface area contributed by atoms with E-state index in [1.807, 2.05) is 18.2 Å². The lowest BCUT2D eigenvalue weighted by atomic mass is 9.80. The van der Waals surface area contributed by atoms with E-state index in [0.29, 0.717) is 5.56 Å². The quantitative estimate of drug-likeness (QED) is 0.279. The molecule has 0 fully saturated rings. The van der Waals surface area contributed by atoms with Crippen LogP contribution in [0.1, 0.15) is 69.3 Å². The van der Waals surface area contributed by atoms with E-state index in [-0.39, 0.29) is 24.6 Å². The third-order valence-corrected chi connectivity index (χ3v) is 4.34. The van der Waals surface area contributed by atoms with Crippen LogP contribution in [-0.4, -0.2) is 24.1 Å². The van der Waals surface area contributed by atoms with Crippen molar-refractivity contribution in [2.75, 3.05) is 6.61 Å². The van der Waals surface area contributed by atoms with Crippen LogP contribution in [0.15, 0.2) is 24.3 Å². The van der Waals surface area contributed by atoms with Gasteiger partial charge in [-0.25, -0.2) is 0 Å². The van der Waals surface area contributed by atoms with Gasteiger partial charge in [0, 0.05) is 12.0 Å². The summed E-state index contributed by atoms with van der Waals surface area (Å²) in [4.78, 5) is 36.7. The Hall–Kier alpha value is -1.97. The molecule has 0 N–H and O–H groups in total. The van der Waals surface area contributed by atoms with E-state index >= 15 is 0 Å². The molecule has 1 rings (SSSR count). The third kappa shape index (κ3) is 5.29. The van der Waals surface area contributed by atoms with Crippen molar-refractivity contribution in [2.24, 2.45) is 5.41 Å². The van der Waals surface area contributed by atoms with Gasteiger partial charge in [-0.2, -0.15) is 0 Å². The average molecular weight is 332 g/mol. The number of hydrogen-bond acceptors (Lipinski definition) is 4. The zero-order valence-electron chi connectivity index (χ0n) is 15.2. The highest BCUT2D eigenvalue weighted by Crippen LogP contribution is 2.27. The molecule has 0 aliphatic carbocycles. The molecule has 0 saturated carbocycles. The minimum atomic E-state index is -1.43. The summed E-state index contributed by atoms with van der Waals surface area (Å²) in [5, 5.41) is 0. The fraction of sp³-hybridized carbons (Fsp3) is 0.550. The van der Waals surface area contributed by atoms with Crippen molar-refractivity contribution in [1.29, 1.82) is 0 Å². The molecule has 0 radical (unpaired) electrons. The molecule has 1 aromatic rings. The fourth-order valence-electron chi connectivity index (χ4n) is 2.53. The first-order valence-corrected chi connectivity index (χ1v) is 8.65. The summed E-state index contributed by atoms with van der Waals surface area (Å²) in [5.41, 5.74) is 0.224. The maximum Gasteiger partial charge on any atom is 0.319 e. The summed E-state index contributed by atoms with van der Waals surface area (Å²) in [6, 6.07) is 7.45. The summed E-state index contributed by atoms with van der Waals surface area (Å²) in [7, 11) is 0. The number of unbranched alkanes of at least 4 members (excludes halogenated alkanes) is 2. The maximum absolute atomic E-state index is 12.6. The number of carbonyl (C=O) groups excluding carboxylic acids is 3. The first-order valence-electron chi connectivity index (χ1n) is 8.65. The summed E-state index contributed by atoms with van der Waals surface area (Å²) < 4.78 is 4.98. The lowest BCUT2D eigenvalue weighted by Crippen LogP contribution is -2.38. The number of rotatable bonds is 10. The van der Waals surface area contributed by atoms with Gasteiger partial charge in [-0.05, 0) is 45.2 Å². The SMILES string of the molecule is CCCCCc1cccc(C(=O)C[C@](C)(C(C)=O)C(=O)OCC)c1. The number of benzene rings is 1. The Labute approximate surface area is 144 Å². The molecule has 4 heteroatoms. The van der Waals surface area contributed by atoms with Crippen molar-refractivity contribution in [3.63, 3.8) is 0 Å². The highest BCUT2D eigenvalue weighted by atomic mass is 16.5. The van der Waals surface area contributed by atoms with Crippen LogP contribution in [0.4, 0.5) is 0 Å². The monoisotopic (exact) mass is 332 g/mol. The van der Waals surface area contributed by atoms with E-state index in [2.05, 4.69) is 6.92 Å². The van der Waals surface area contributed by atoms with Gasteiger partial charge in [-0.1, -0.05) is 38.0 Å². The predicted octanol–water partition coefficient (Wildman–Crippen LogP) is 4.15. The molecule has 0 amide bonds. The molecule has 1 aromatic carbocycles. The summed E-state index contributed by atoms with van der Waals surface area (Å²) in [5.74, 6) is -1.20. The molecular weight excluding hydrogens is 304 g/mol. The molecule has 0 unspecified atom stereocenters. The van der Waals surface area contributed by atoms with Crippen LogP contribution in [-0.2, 0) is 20.7 Å². The number of ketones is 2. The van der Waals surface area contributed by atoms with Crippen LogP contribution in [0, 0.1) is 5.41 Å². The van der Waals surface area contributed by atoms with Crippen molar-refractivity contribution in [3.05, 3.63) is 35.4 Å². The van der Waals surface area contributed by atoms with Gasteiger partial charge in [0.15, 0.2) is 5.78 Å². The Kier molecular flexibility index (Phi) is 7.83. The van der Waals surface area contributed by atoms with Gasteiger partial charge in [-0.3, -0.25) is 14.4 Å². The Bertz CT molecular complexity index is 591. The smallest absolute Gasteiger partial charge is 0.319 e. The molecule has 0 spiro atoms. The van der Waals surface area contributed by atoms with Gasteiger partial charge in [0.25, 0.3) is 0 Å². The van der Waals surface area contributed by atoms with E-state index in [9.17, 15) is 14.4 Å². The molecular formula is C20H28O4. The largest absolute Gasteiger partial charge is 0.465 e. The molecule has 0 aromatic heterocycles. The predicted molar refractivity (Wildman–Crippen MR) is 94.0 cm³/mol. The number of Topliss-reactive ketones (excluding diaryl/α,β-unsaturated/α-hetero) is 2. The van der Waals surface area contributed by atoms with E-state index < -0.39 is 11.4 Å². The molecule has 0 aliphatic rings. The van der Waals surface area contributed by atoms with Gasteiger partial charge < -0.3 is 4.74 Å². The topological polar surface area (TPSA) is 60.4 Å². The second kappa shape index (κ2) is 9.36. The molecule has 0 bridgehead atoms. The molecule has 1 atom stereocenters. The van der Waals surface area contributed by atoms with Crippen molar-refractivity contribution in [3.8, 4) is 0 Å². The lowest BCUT2D eigenvalue weighted by molar-refractivity contribution is -0.158. The zero-order valence-corrected chi connectivity index (χ0v) is 15.2. The average Bonchev–Trinajstić information content (AvgIpc) is 2.55. The number of hydrogen-bond donors (Lipinski definition) is 0. The van der Waals surface area contributed by atoms with E-state index in [1.54, 1.807) is 13.0 Å². The summed E-state index contributed by atoms with van der Waals surface area (Å²) in [6.45, 7) is 6.82. The standard InChI is InChI=1S/C20H28O4/c1-5-7-8-10-16-11-9-12-17(13-16)18(22)14-20(4,15(3)21)19(23)24-6-2/h9,11-13H,5-8,10,14H2,1-4H3/t20-/m1/s1. The van der Waals surface area contributed by atoms with Crippen LogP contribution in [0.3, 0.4) is 0 Å². The molecule has 4 nitrogen and oxygen atoms in total. The number of carbonyl (C=O) groups is 3. The number of esters is 1. The minimum Gasteiger partial charge on any atom is -0.465 e. The van der Waals surface area contributed by atoms with Crippen molar-refractivity contribution in [2.45, 2.75) is 59.8 Å². The molecule has 132 valence electrons. The first-order chi connectivity index (χ1) is 11.3. The Morgan fingerprint density at radius 2 is 1.83 bits per heavy atom. The van der Waals surface area contributed by atoms with Crippen LogP contribution in [0.5, 0.6) is 0 Å². The highest BCUT2D eigenvalue weighted by molar-refractivity contribution is 6.08. The summed E-state index contributed by atoms with van der Waals surface area (Å²) >= 11 is 0. The second-order valence-electron chi connectivity index (χ2n) is 6.37. The van der Waals surface area contributed by atoms with E-state index in [0.717, 1.165) is 31.2 Å². The highest BCUT2D eigenvalue weighted by Gasteiger charge is 2.41. The Balaban J connectivity index is 2.90. The van der Waals surface area contributed by atoms with Crippen LogP contribution >= 0.6 is 0 Å². The Morgan fingerprint density at radius 1 is 1.12 bits per heavy atom. The number of aryl methyl sites for hydroxylation is 1. The van der Waals surface area contributed by atoms with Gasteiger partial charge in [0.2, 0.25) is 0 Å². The molecule has 24 heavy (non-hydrogen) atoms. The van der Waals surface area contributed by atoms with Crippen LogP contribution in [0.2, 0.25) is 0 Å². The molecule has 0 saturated heterocycles. The third-order valence-electron chi connectivity index (χ3n) is 4.34. The second-order valence-corrected chi connectivity index (χ2v) is 6.37. The lowest BCUT2D eigenvalue weighted by Gasteiger charge is -2.23. The summed E-state index contributed by atoms with van der Waals surface area (Å²) in [6.07, 6.45) is 4.15. The fourth-order valence-corrected chi connectivity index (χ4v) is 2.53. The van der Waals surface area contributed by atoms with Gasteiger partial charge in [0.1, 0.15) is 11.2 Å². The van der Waals surface area contributed by atoms with E-state index in [4.69, 9.17) is 4.74 Å². The van der Waals surface area contributed by atoms with Crippen molar-refractivity contribution < 1.29 is 19.1 Å². The van der Waals surface area contributed by atoms with Gasteiger partial charge in [-0.15, -0.1) is 0 Å². The first kappa shape index (κ1) is 20.1. The number of ether oxygens (including phenoxy) is 1. The zero-order chi connectivity index (χ0) is 18.2. The van der Waals surface area contributed by atoms with Crippen LogP contribution in [0.25, 0.3) is 0 Å². The molecule has 0 aliphatic heterocycles. The maximum atomic E-state index is 12.6. The normalized spacial score (nSPS) is 13.2. The van der Waals surface area contributed by atoms with Gasteiger partial charge >= 0.3 is 5.97 Å². The van der Waals surface area contributed by atoms with Crippen molar-refractivity contribution in [1.82, 2.24) is 0 Å². The van der Waals surface area contributed by atoms with Crippen molar-refractivity contribution >= 4 is 17.5 Å². The van der Waals surface area contributed by atoms with Gasteiger partial charge in [0.05, 0.1) is 6.61 Å².